The number of thiazole rings is 1. The summed E-state index contributed by atoms with van der Waals surface area (Å²) in [5, 5.41) is 6.79. The molecule has 1 atom stereocenters. The average Bonchev–Trinajstić information content (AvgIpc) is 2.87. The van der Waals surface area contributed by atoms with Gasteiger partial charge in [-0.3, -0.25) is 0 Å². The molecule has 0 aliphatic rings. The van der Waals surface area contributed by atoms with Crippen molar-refractivity contribution in [2.45, 2.75) is 33.1 Å². The molecule has 0 aliphatic carbocycles. The van der Waals surface area contributed by atoms with E-state index in [2.05, 4.69) is 22.6 Å². The molecule has 0 fully saturated rings. The minimum atomic E-state index is -0.171. The fourth-order valence-electron chi connectivity index (χ4n) is 2.40. The average molecular weight is 306 g/mol. The van der Waals surface area contributed by atoms with Crippen LogP contribution in [0.1, 0.15) is 29.6 Å². The Kier molecular flexibility index (Phi) is 6.33. The van der Waals surface area contributed by atoms with E-state index in [1.165, 1.54) is 10.6 Å². The van der Waals surface area contributed by atoms with Crippen LogP contribution >= 0.6 is 11.3 Å². The molecule has 21 heavy (non-hydrogen) atoms. The summed E-state index contributed by atoms with van der Waals surface area (Å²) in [5.41, 5.74) is 2.28. The zero-order valence-corrected chi connectivity index (χ0v) is 13.5. The van der Waals surface area contributed by atoms with E-state index in [-0.39, 0.29) is 5.82 Å². The van der Waals surface area contributed by atoms with Crippen LogP contribution in [0.3, 0.4) is 0 Å². The zero-order valence-electron chi connectivity index (χ0n) is 12.7. The lowest BCUT2D eigenvalue weighted by atomic mass is 9.96. The highest BCUT2D eigenvalue weighted by Crippen LogP contribution is 2.18. The predicted octanol–water partition coefficient (Wildman–Crippen LogP) is 3.99. The first kappa shape index (κ1) is 16.1. The monoisotopic (exact) mass is 306 g/mol. The van der Waals surface area contributed by atoms with Gasteiger partial charge in [0.2, 0.25) is 0 Å². The Morgan fingerprint density at radius 2 is 2.00 bits per heavy atom. The largest absolute Gasteiger partial charge is 0.316 e. The summed E-state index contributed by atoms with van der Waals surface area (Å²) in [6, 6.07) is 6.85. The molecular weight excluding hydrogens is 283 g/mol. The second-order valence-corrected chi connectivity index (χ2v) is 6.43. The Bertz CT molecular complexity index is 536. The van der Waals surface area contributed by atoms with Crippen molar-refractivity contribution in [3.63, 3.8) is 0 Å². The van der Waals surface area contributed by atoms with Gasteiger partial charge in [-0.25, -0.2) is 9.37 Å². The van der Waals surface area contributed by atoms with E-state index in [4.69, 9.17) is 0 Å². The van der Waals surface area contributed by atoms with Crippen LogP contribution in [-0.4, -0.2) is 18.1 Å². The summed E-state index contributed by atoms with van der Waals surface area (Å²) in [6.45, 7) is 6.22. The molecule has 1 aromatic heterocycles. The smallest absolute Gasteiger partial charge is 0.123 e. The molecule has 1 aromatic carbocycles. The summed E-state index contributed by atoms with van der Waals surface area (Å²) in [5.74, 6) is 0.322. The molecule has 2 aromatic rings. The minimum Gasteiger partial charge on any atom is -0.316 e. The Labute approximate surface area is 130 Å². The number of halogens is 1. The first-order valence-corrected chi connectivity index (χ1v) is 8.41. The van der Waals surface area contributed by atoms with Crippen molar-refractivity contribution in [2.75, 3.05) is 13.1 Å². The highest BCUT2D eigenvalue weighted by atomic mass is 32.1. The Hall–Kier alpha value is -1.26. The molecule has 114 valence electrons. The minimum absolute atomic E-state index is 0.171. The number of nitrogens with zero attached hydrogens (tertiary/aromatic N) is 1. The first-order chi connectivity index (χ1) is 10.2. The highest BCUT2D eigenvalue weighted by Gasteiger charge is 2.13. The van der Waals surface area contributed by atoms with Crippen molar-refractivity contribution in [3.8, 4) is 0 Å². The molecule has 4 heteroatoms. The maximum atomic E-state index is 13.0. The SMILES string of the molecule is CCCNCC(Cc1ccc(F)cc1)Cc1nc(C)cs1. The lowest BCUT2D eigenvalue weighted by Crippen LogP contribution is -2.26. The molecule has 1 N–H and O–H groups in total. The van der Waals surface area contributed by atoms with Gasteiger partial charge in [0.25, 0.3) is 0 Å². The molecule has 2 rings (SSSR count). The maximum absolute atomic E-state index is 13.0. The van der Waals surface area contributed by atoms with E-state index in [0.717, 1.165) is 38.0 Å². The van der Waals surface area contributed by atoms with Crippen molar-refractivity contribution in [1.29, 1.82) is 0 Å². The number of aryl methyl sites for hydroxylation is 1. The lowest BCUT2D eigenvalue weighted by Gasteiger charge is -2.16. The van der Waals surface area contributed by atoms with Crippen LogP contribution in [0.5, 0.6) is 0 Å². The van der Waals surface area contributed by atoms with E-state index in [0.29, 0.717) is 5.92 Å². The zero-order chi connectivity index (χ0) is 15.1. The van der Waals surface area contributed by atoms with Crippen LogP contribution in [0.15, 0.2) is 29.6 Å². The van der Waals surface area contributed by atoms with Crippen molar-refractivity contribution < 1.29 is 4.39 Å². The van der Waals surface area contributed by atoms with Gasteiger partial charge in [0.15, 0.2) is 0 Å². The van der Waals surface area contributed by atoms with E-state index in [1.54, 1.807) is 23.5 Å². The van der Waals surface area contributed by atoms with Gasteiger partial charge in [-0.1, -0.05) is 19.1 Å². The molecule has 0 bridgehead atoms. The van der Waals surface area contributed by atoms with Crippen molar-refractivity contribution in [3.05, 3.63) is 51.7 Å². The molecule has 1 heterocycles. The lowest BCUT2D eigenvalue weighted by molar-refractivity contribution is 0.469. The second kappa shape index (κ2) is 8.25. The van der Waals surface area contributed by atoms with E-state index < -0.39 is 0 Å². The van der Waals surface area contributed by atoms with Gasteiger partial charge >= 0.3 is 0 Å². The van der Waals surface area contributed by atoms with E-state index in [9.17, 15) is 4.39 Å². The summed E-state index contributed by atoms with van der Waals surface area (Å²) >= 11 is 1.73. The third-order valence-corrected chi connectivity index (χ3v) is 4.42. The Balaban J connectivity index is 1.98. The number of benzene rings is 1. The fraction of sp³-hybridized carbons (Fsp3) is 0.471. The molecule has 0 amide bonds. The van der Waals surface area contributed by atoms with Crippen LogP contribution in [0.4, 0.5) is 4.39 Å². The topological polar surface area (TPSA) is 24.9 Å². The number of hydrogen-bond donors (Lipinski definition) is 1. The number of hydrogen-bond acceptors (Lipinski definition) is 3. The number of aromatic nitrogens is 1. The molecule has 0 radical (unpaired) electrons. The number of rotatable bonds is 8. The van der Waals surface area contributed by atoms with Crippen LogP contribution in [0, 0.1) is 18.7 Å². The molecular formula is C17H23FN2S. The summed E-state index contributed by atoms with van der Waals surface area (Å²) in [6.07, 6.45) is 3.07. The molecule has 0 saturated carbocycles. The van der Waals surface area contributed by atoms with Gasteiger partial charge in [0.05, 0.1) is 5.01 Å². The Morgan fingerprint density at radius 3 is 2.62 bits per heavy atom. The van der Waals surface area contributed by atoms with Crippen molar-refractivity contribution >= 4 is 11.3 Å². The van der Waals surface area contributed by atoms with Crippen molar-refractivity contribution in [2.24, 2.45) is 5.92 Å². The molecule has 0 spiro atoms. The van der Waals surface area contributed by atoms with Gasteiger partial charge in [-0.2, -0.15) is 0 Å². The molecule has 2 nitrogen and oxygen atoms in total. The molecule has 1 unspecified atom stereocenters. The van der Waals surface area contributed by atoms with Gasteiger partial charge in [-0.05, 0) is 56.5 Å². The summed E-state index contributed by atoms with van der Waals surface area (Å²) in [7, 11) is 0. The summed E-state index contributed by atoms with van der Waals surface area (Å²) in [4.78, 5) is 4.57. The maximum Gasteiger partial charge on any atom is 0.123 e. The fourth-order valence-corrected chi connectivity index (χ4v) is 3.28. The van der Waals surface area contributed by atoms with E-state index in [1.807, 2.05) is 19.1 Å². The highest BCUT2D eigenvalue weighted by molar-refractivity contribution is 7.09. The number of nitrogens with one attached hydrogen (secondary N) is 1. The van der Waals surface area contributed by atoms with Crippen LogP contribution in [0.25, 0.3) is 0 Å². The third-order valence-electron chi connectivity index (χ3n) is 3.43. The van der Waals surface area contributed by atoms with Gasteiger partial charge in [0.1, 0.15) is 5.82 Å². The molecule has 0 aliphatic heterocycles. The second-order valence-electron chi connectivity index (χ2n) is 5.49. The van der Waals surface area contributed by atoms with Gasteiger partial charge in [0, 0.05) is 17.5 Å². The van der Waals surface area contributed by atoms with Crippen LogP contribution in [0.2, 0.25) is 0 Å². The quantitative estimate of drug-likeness (QED) is 0.746. The summed E-state index contributed by atoms with van der Waals surface area (Å²) < 4.78 is 13.0. The predicted molar refractivity (Wildman–Crippen MR) is 87.3 cm³/mol. The molecule has 0 saturated heterocycles. The van der Waals surface area contributed by atoms with E-state index >= 15 is 0 Å². The van der Waals surface area contributed by atoms with Gasteiger partial charge < -0.3 is 5.32 Å². The standard InChI is InChI=1S/C17H23FN2S/c1-3-8-19-11-15(10-17-20-13(2)12-21-17)9-14-4-6-16(18)7-5-14/h4-7,12,15,19H,3,8-11H2,1-2H3. The van der Waals surface area contributed by atoms with Crippen LogP contribution in [-0.2, 0) is 12.8 Å². The third kappa shape index (κ3) is 5.56. The van der Waals surface area contributed by atoms with Crippen molar-refractivity contribution in [1.82, 2.24) is 10.3 Å². The first-order valence-electron chi connectivity index (χ1n) is 7.53. The van der Waals surface area contributed by atoms with Crippen LogP contribution < -0.4 is 5.32 Å². The normalized spacial score (nSPS) is 12.5. The Morgan fingerprint density at radius 1 is 1.24 bits per heavy atom. The van der Waals surface area contributed by atoms with Gasteiger partial charge in [-0.15, -0.1) is 11.3 Å².